The fourth-order valence-electron chi connectivity index (χ4n) is 4.86. The maximum atomic E-state index is 13.4. The predicted molar refractivity (Wildman–Crippen MR) is 115 cm³/mol. The SMILES string of the molecule is O=C([C@H]1C[C@H]1c1ccccc1)N(CC[NH+]1CCCC1)Cc1ccc2c(c1)OCCO2. The molecule has 1 amide bonds. The van der Waals surface area contributed by atoms with E-state index in [1.807, 2.05) is 18.2 Å². The van der Waals surface area contributed by atoms with E-state index in [0.29, 0.717) is 31.6 Å². The summed E-state index contributed by atoms with van der Waals surface area (Å²) in [4.78, 5) is 17.2. The lowest BCUT2D eigenvalue weighted by Crippen LogP contribution is -3.10. The minimum atomic E-state index is 0.123. The summed E-state index contributed by atoms with van der Waals surface area (Å²) in [5.74, 6) is 2.40. The van der Waals surface area contributed by atoms with Gasteiger partial charge in [0.25, 0.3) is 0 Å². The van der Waals surface area contributed by atoms with Crippen molar-refractivity contribution in [3.05, 3.63) is 59.7 Å². The zero-order valence-electron chi connectivity index (χ0n) is 17.5. The van der Waals surface area contributed by atoms with E-state index in [1.165, 1.54) is 31.5 Å². The molecule has 2 aromatic rings. The van der Waals surface area contributed by atoms with Crippen LogP contribution in [0.5, 0.6) is 11.5 Å². The molecule has 158 valence electrons. The van der Waals surface area contributed by atoms with Crippen LogP contribution in [0.2, 0.25) is 0 Å². The smallest absolute Gasteiger partial charge is 0.226 e. The lowest BCUT2D eigenvalue weighted by atomic mass is 10.1. The highest BCUT2D eigenvalue weighted by molar-refractivity contribution is 5.83. The molecule has 1 saturated carbocycles. The molecule has 1 saturated heterocycles. The Kier molecular flexibility index (Phi) is 5.63. The van der Waals surface area contributed by atoms with E-state index in [4.69, 9.17) is 9.47 Å². The van der Waals surface area contributed by atoms with Gasteiger partial charge < -0.3 is 19.3 Å². The Hall–Kier alpha value is -2.53. The Bertz CT molecular complexity index is 879. The lowest BCUT2D eigenvalue weighted by molar-refractivity contribution is -0.886. The van der Waals surface area contributed by atoms with Crippen LogP contribution >= 0.6 is 0 Å². The number of carbonyl (C=O) groups excluding carboxylic acids is 1. The van der Waals surface area contributed by atoms with Crippen LogP contribution in [0.4, 0.5) is 0 Å². The van der Waals surface area contributed by atoms with Crippen molar-refractivity contribution in [1.82, 2.24) is 4.90 Å². The number of amides is 1. The number of rotatable bonds is 7. The van der Waals surface area contributed by atoms with Gasteiger partial charge in [-0.25, -0.2) is 0 Å². The molecule has 0 bridgehead atoms. The summed E-state index contributed by atoms with van der Waals surface area (Å²) >= 11 is 0. The summed E-state index contributed by atoms with van der Waals surface area (Å²) < 4.78 is 11.4. The highest BCUT2D eigenvalue weighted by Crippen LogP contribution is 2.48. The molecule has 5 heteroatoms. The second-order valence-electron chi connectivity index (χ2n) is 8.80. The highest BCUT2D eigenvalue weighted by Gasteiger charge is 2.45. The van der Waals surface area contributed by atoms with Crippen LogP contribution < -0.4 is 14.4 Å². The van der Waals surface area contributed by atoms with Gasteiger partial charge in [-0.1, -0.05) is 36.4 Å². The molecule has 30 heavy (non-hydrogen) atoms. The van der Waals surface area contributed by atoms with Gasteiger partial charge in [-0.15, -0.1) is 0 Å². The molecule has 0 unspecified atom stereocenters. The van der Waals surface area contributed by atoms with E-state index in [2.05, 4.69) is 35.2 Å². The lowest BCUT2D eigenvalue weighted by Gasteiger charge is -2.26. The number of quaternary nitrogens is 1. The van der Waals surface area contributed by atoms with Crippen molar-refractivity contribution in [1.29, 1.82) is 0 Å². The van der Waals surface area contributed by atoms with Crippen LogP contribution in [0.1, 0.15) is 36.3 Å². The van der Waals surface area contributed by atoms with Gasteiger partial charge >= 0.3 is 0 Å². The van der Waals surface area contributed by atoms with Crippen LogP contribution in [0.3, 0.4) is 0 Å². The van der Waals surface area contributed by atoms with Crippen molar-refractivity contribution in [3.8, 4) is 11.5 Å². The molecule has 5 rings (SSSR count). The number of likely N-dealkylation sites (tertiary alicyclic amines) is 1. The van der Waals surface area contributed by atoms with Gasteiger partial charge in [0.1, 0.15) is 13.2 Å². The van der Waals surface area contributed by atoms with Crippen molar-refractivity contribution in [2.75, 3.05) is 39.4 Å². The molecule has 2 heterocycles. The number of nitrogens with zero attached hydrogens (tertiary/aromatic N) is 1. The second-order valence-corrected chi connectivity index (χ2v) is 8.80. The Balaban J connectivity index is 1.29. The molecule has 1 aliphatic carbocycles. The number of hydrogen-bond donors (Lipinski definition) is 1. The molecular weight excluding hydrogens is 376 g/mol. The quantitative estimate of drug-likeness (QED) is 0.766. The first-order valence-electron chi connectivity index (χ1n) is 11.3. The summed E-state index contributed by atoms with van der Waals surface area (Å²) in [6.07, 6.45) is 3.59. The van der Waals surface area contributed by atoms with E-state index in [1.54, 1.807) is 4.90 Å². The molecule has 2 fully saturated rings. The number of benzene rings is 2. The molecule has 1 N–H and O–H groups in total. The summed E-state index contributed by atoms with van der Waals surface area (Å²) in [6, 6.07) is 16.6. The Labute approximate surface area is 178 Å². The fourth-order valence-corrected chi connectivity index (χ4v) is 4.86. The van der Waals surface area contributed by atoms with Crippen molar-refractivity contribution >= 4 is 5.91 Å². The molecule has 0 aromatic heterocycles. The molecule has 2 aliphatic heterocycles. The van der Waals surface area contributed by atoms with Crippen molar-refractivity contribution < 1.29 is 19.2 Å². The molecule has 0 radical (unpaired) electrons. The van der Waals surface area contributed by atoms with Crippen molar-refractivity contribution in [3.63, 3.8) is 0 Å². The average Bonchev–Trinajstić information content (AvgIpc) is 3.43. The predicted octanol–water partition coefficient (Wildman–Crippen LogP) is 2.27. The van der Waals surface area contributed by atoms with Gasteiger partial charge in [0.15, 0.2) is 11.5 Å². The molecule has 3 aliphatic rings. The van der Waals surface area contributed by atoms with E-state index in [9.17, 15) is 4.79 Å². The maximum Gasteiger partial charge on any atom is 0.226 e. The Morgan fingerprint density at radius 2 is 1.77 bits per heavy atom. The third-order valence-electron chi connectivity index (χ3n) is 6.67. The summed E-state index contributed by atoms with van der Waals surface area (Å²) in [7, 11) is 0. The van der Waals surface area contributed by atoms with Crippen LogP contribution in [0, 0.1) is 5.92 Å². The zero-order valence-corrected chi connectivity index (χ0v) is 17.5. The first kappa shape index (κ1) is 19.4. The first-order chi connectivity index (χ1) is 14.8. The Morgan fingerprint density at radius 1 is 1.00 bits per heavy atom. The molecule has 0 spiro atoms. The number of ether oxygens (including phenoxy) is 2. The van der Waals surface area contributed by atoms with E-state index in [-0.39, 0.29) is 5.92 Å². The zero-order chi connectivity index (χ0) is 20.3. The standard InChI is InChI=1S/C25H30N2O3/c28-25(22-17-21(22)20-6-2-1-3-7-20)27(13-12-26-10-4-5-11-26)18-19-8-9-23-24(16-19)30-15-14-29-23/h1-3,6-9,16,21-22H,4-5,10-15,17-18H2/p+1/t21-,22-/m0/s1. The Morgan fingerprint density at radius 3 is 2.57 bits per heavy atom. The summed E-state index contributed by atoms with van der Waals surface area (Å²) in [6.45, 7) is 6.15. The second kappa shape index (κ2) is 8.68. The van der Waals surface area contributed by atoms with Gasteiger partial charge in [0.2, 0.25) is 5.91 Å². The third kappa shape index (κ3) is 4.31. The van der Waals surface area contributed by atoms with Crippen LogP contribution in [-0.2, 0) is 11.3 Å². The normalized spacial score (nSPS) is 22.7. The van der Waals surface area contributed by atoms with E-state index < -0.39 is 0 Å². The minimum Gasteiger partial charge on any atom is -0.486 e. The van der Waals surface area contributed by atoms with Crippen LogP contribution in [0.25, 0.3) is 0 Å². The largest absolute Gasteiger partial charge is 0.486 e. The summed E-state index contributed by atoms with van der Waals surface area (Å²) in [5, 5.41) is 0. The van der Waals surface area contributed by atoms with Crippen LogP contribution in [-0.4, -0.2) is 50.2 Å². The molecule has 2 atom stereocenters. The first-order valence-corrected chi connectivity index (χ1v) is 11.3. The van der Waals surface area contributed by atoms with E-state index in [0.717, 1.165) is 36.6 Å². The topological polar surface area (TPSA) is 43.2 Å². The molecule has 5 nitrogen and oxygen atoms in total. The minimum absolute atomic E-state index is 0.123. The maximum absolute atomic E-state index is 13.4. The van der Waals surface area contributed by atoms with Gasteiger partial charge in [0.05, 0.1) is 26.2 Å². The summed E-state index contributed by atoms with van der Waals surface area (Å²) in [5.41, 5.74) is 2.40. The monoisotopic (exact) mass is 407 g/mol. The van der Waals surface area contributed by atoms with Gasteiger partial charge in [-0.2, -0.15) is 0 Å². The number of fused-ring (bicyclic) bond motifs is 1. The van der Waals surface area contributed by atoms with Gasteiger partial charge in [-0.05, 0) is 35.6 Å². The molecule has 2 aromatic carbocycles. The fraction of sp³-hybridized carbons (Fsp3) is 0.480. The number of carbonyl (C=O) groups is 1. The number of hydrogen-bond acceptors (Lipinski definition) is 3. The van der Waals surface area contributed by atoms with Crippen molar-refractivity contribution in [2.24, 2.45) is 5.92 Å². The highest BCUT2D eigenvalue weighted by atomic mass is 16.6. The van der Waals surface area contributed by atoms with Gasteiger partial charge in [-0.3, -0.25) is 4.79 Å². The average molecular weight is 408 g/mol. The third-order valence-corrected chi connectivity index (χ3v) is 6.67. The molecular formula is C25H31N2O3+. The van der Waals surface area contributed by atoms with Gasteiger partial charge in [0, 0.05) is 25.3 Å². The van der Waals surface area contributed by atoms with Crippen LogP contribution in [0.15, 0.2) is 48.5 Å². The van der Waals surface area contributed by atoms with E-state index >= 15 is 0 Å². The number of nitrogens with one attached hydrogen (secondary N) is 1. The van der Waals surface area contributed by atoms with Crippen molar-refractivity contribution in [2.45, 2.75) is 31.7 Å².